The smallest absolute Gasteiger partial charge is 0.282 e. The first-order valence-corrected chi connectivity index (χ1v) is 5.98. The van der Waals surface area contributed by atoms with Gasteiger partial charge < -0.3 is 10.4 Å². The maximum atomic E-state index is 12.1. The number of carbonyl (C=O) groups excluding carboxylic acids is 3. The summed E-state index contributed by atoms with van der Waals surface area (Å²) in [6.07, 6.45) is 0. The van der Waals surface area contributed by atoms with Crippen molar-refractivity contribution < 1.29 is 24.4 Å². The van der Waals surface area contributed by atoms with Crippen LogP contribution in [0.2, 0.25) is 0 Å². The van der Waals surface area contributed by atoms with Gasteiger partial charge in [-0.05, 0) is 6.07 Å². The zero-order chi connectivity index (χ0) is 15.6. The van der Waals surface area contributed by atoms with Gasteiger partial charge in [0.15, 0.2) is 0 Å². The highest BCUT2D eigenvalue weighted by Crippen LogP contribution is 2.30. The van der Waals surface area contributed by atoms with Gasteiger partial charge in [-0.3, -0.25) is 29.4 Å². The number of carbonyl (C=O) groups is 3. The number of rotatable bonds is 5. The second-order valence-electron chi connectivity index (χ2n) is 4.23. The number of nitrogens with zero attached hydrogens (tertiary/aromatic N) is 2. The van der Waals surface area contributed by atoms with E-state index >= 15 is 0 Å². The molecule has 0 fully saturated rings. The third kappa shape index (κ3) is 2.58. The van der Waals surface area contributed by atoms with E-state index in [1.165, 1.54) is 12.1 Å². The predicted octanol–water partition coefficient (Wildman–Crippen LogP) is -0.701. The molecule has 1 heterocycles. The summed E-state index contributed by atoms with van der Waals surface area (Å²) in [7, 11) is 0. The maximum Gasteiger partial charge on any atom is 0.282 e. The Bertz CT molecular complexity index is 642. The van der Waals surface area contributed by atoms with Crippen LogP contribution in [0.25, 0.3) is 0 Å². The number of nitrogens with one attached hydrogen (secondary N) is 1. The third-order valence-electron chi connectivity index (χ3n) is 2.91. The Morgan fingerprint density at radius 3 is 2.67 bits per heavy atom. The van der Waals surface area contributed by atoms with Crippen molar-refractivity contribution in [3.8, 4) is 0 Å². The average molecular weight is 293 g/mol. The summed E-state index contributed by atoms with van der Waals surface area (Å²) in [6, 6.07) is 3.73. The average Bonchev–Trinajstić information content (AvgIpc) is 2.70. The molecule has 21 heavy (non-hydrogen) atoms. The zero-order valence-electron chi connectivity index (χ0n) is 10.7. The van der Waals surface area contributed by atoms with Gasteiger partial charge >= 0.3 is 0 Å². The summed E-state index contributed by atoms with van der Waals surface area (Å²) in [5, 5.41) is 21.8. The fraction of sp³-hybridized carbons (Fsp3) is 0.250. The van der Waals surface area contributed by atoms with E-state index in [4.69, 9.17) is 5.11 Å². The van der Waals surface area contributed by atoms with Crippen molar-refractivity contribution in [1.29, 1.82) is 0 Å². The van der Waals surface area contributed by atoms with Crippen molar-refractivity contribution in [3.63, 3.8) is 0 Å². The molecule has 0 radical (unpaired) electrons. The quantitative estimate of drug-likeness (QED) is 0.419. The first-order valence-electron chi connectivity index (χ1n) is 5.98. The van der Waals surface area contributed by atoms with Gasteiger partial charge in [0.25, 0.3) is 17.5 Å². The lowest BCUT2D eigenvalue weighted by molar-refractivity contribution is -0.385. The van der Waals surface area contributed by atoms with Crippen LogP contribution in [0.4, 0.5) is 5.69 Å². The lowest BCUT2D eigenvalue weighted by Gasteiger charge is -2.12. The van der Waals surface area contributed by atoms with Crippen molar-refractivity contribution in [2.75, 3.05) is 19.7 Å². The third-order valence-corrected chi connectivity index (χ3v) is 2.91. The van der Waals surface area contributed by atoms with Crippen molar-refractivity contribution in [1.82, 2.24) is 10.2 Å². The lowest BCUT2D eigenvalue weighted by Crippen LogP contribution is -2.41. The molecular formula is C12H11N3O6. The number of aliphatic hydroxyl groups excluding tert-OH is 1. The van der Waals surface area contributed by atoms with Crippen LogP contribution in [0.3, 0.4) is 0 Å². The van der Waals surface area contributed by atoms with Gasteiger partial charge in [0.2, 0.25) is 5.91 Å². The molecule has 1 aromatic rings. The van der Waals surface area contributed by atoms with E-state index in [2.05, 4.69) is 5.32 Å². The first-order chi connectivity index (χ1) is 9.97. The molecule has 1 aliphatic rings. The van der Waals surface area contributed by atoms with Crippen LogP contribution in [0.1, 0.15) is 20.7 Å². The van der Waals surface area contributed by atoms with Gasteiger partial charge in [-0.15, -0.1) is 0 Å². The van der Waals surface area contributed by atoms with E-state index in [1.54, 1.807) is 0 Å². The van der Waals surface area contributed by atoms with E-state index in [9.17, 15) is 24.5 Å². The summed E-state index contributed by atoms with van der Waals surface area (Å²) in [5.41, 5.74) is -0.865. The highest BCUT2D eigenvalue weighted by molar-refractivity contribution is 6.24. The van der Waals surface area contributed by atoms with Crippen LogP contribution in [-0.4, -0.2) is 52.3 Å². The molecule has 0 bridgehead atoms. The number of nitro groups is 1. The van der Waals surface area contributed by atoms with Crippen LogP contribution < -0.4 is 5.32 Å². The van der Waals surface area contributed by atoms with Gasteiger partial charge in [-0.2, -0.15) is 0 Å². The molecule has 110 valence electrons. The molecule has 0 atom stereocenters. The molecule has 2 N–H and O–H groups in total. The fourth-order valence-electron chi connectivity index (χ4n) is 2.01. The second-order valence-corrected chi connectivity index (χ2v) is 4.23. The highest BCUT2D eigenvalue weighted by atomic mass is 16.6. The van der Waals surface area contributed by atoms with Crippen LogP contribution >= 0.6 is 0 Å². The monoisotopic (exact) mass is 293 g/mol. The Balaban J connectivity index is 2.28. The number of hydrogen-bond donors (Lipinski definition) is 2. The second kappa shape index (κ2) is 5.67. The molecule has 9 heteroatoms. The summed E-state index contributed by atoms with van der Waals surface area (Å²) in [4.78, 5) is 46.5. The molecule has 9 nitrogen and oxygen atoms in total. The number of hydrogen-bond acceptors (Lipinski definition) is 6. The van der Waals surface area contributed by atoms with E-state index < -0.39 is 34.9 Å². The Hall–Kier alpha value is -2.81. The molecule has 0 aliphatic carbocycles. The largest absolute Gasteiger partial charge is 0.395 e. The Kier molecular flexibility index (Phi) is 3.94. The highest BCUT2D eigenvalue weighted by Gasteiger charge is 2.41. The summed E-state index contributed by atoms with van der Waals surface area (Å²) in [5.74, 6) is -2.26. The van der Waals surface area contributed by atoms with Crippen molar-refractivity contribution in [3.05, 3.63) is 39.4 Å². The fourth-order valence-corrected chi connectivity index (χ4v) is 2.01. The normalized spacial score (nSPS) is 13.3. The van der Waals surface area contributed by atoms with Crippen molar-refractivity contribution >= 4 is 23.4 Å². The minimum atomic E-state index is -0.874. The van der Waals surface area contributed by atoms with Crippen LogP contribution in [-0.2, 0) is 4.79 Å². The molecule has 0 unspecified atom stereocenters. The van der Waals surface area contributed by atoms with Gasteiger partial charge in [0.1, 0.15) is 12.1 Å². The van der Waals surface area contributed by atoms with Crippen LogP contribution in [0.15, 0.2) is 18.2 Å². The lowest BCUT2D eigenvalue weighted by atomic mass is 10.1. The number of nitro benzene ring substituents is 1. The number of imide groups is 1. The van der Waals surface area contributed by atoms with E-state index in [0.717, 1.165) is 6.07 Å². The molecular weight excluding hydrogens is 282 g/mol. The number of aliphatic hydroxyl groups is 1. The first kappa shape index (κ1) is 14.6. The van der Waals surface area contributed by atoms with Gasteiger partial charge in [0.05, 0.1) is 17.1 Å². The Morgan fingerprint density at radius 1 is 1.33 bits per heavy atom. The van der Waals surface area contributed by atoms with Crippen LogP contribution in [0.5, 0.6) is 0 Å². The summed E-state index contributed by atoms with van der Waals surface area (Å²) >= 11 is 0. The van der Waals surface area contributed by atoms with Gasteiger partial charge in [-0.1, -0.05) is 6.07 Å². The minimum absolute atomic E-state index is 0.0118. The van der Waals surface area contributed by atoms with Crippen molar-refractivity contribution in [2.24, 2.45) is 0 Å². The summed E-state index contributed by atoms with van der Waals surface area (Å²) < 4.78 is 0. The standard InChI is InChI=1S/C12H11N3O6/c16-5-4-13-9(17)6-14-11(18)7-2-1-3-8(15(20)21)10(7)12(14)19/h1-3,16H,4-6H2,(H,13,17). The van der Waals surface area contributed by atoms with Crippen molar-refractivity contribution in [2.45, 2.75) is 0 Å². The van der Waals surface area contributed by atoms with Gasteiger partial charge in [-0.25, -0.2) is 0 Å². The minimum Gasteiger partial charge on any atom is -0.395 e. The maximum absolute atomic E-state index is 12.1. The molecule has 3 amide bonds. The Morgan fingerprint density at radius 2 is 2.05 bits per heavy atom. The molecule has 0 saturated heterocycles. The van der Waals surface area contributed by atoms with Gasteiger partial charge in [0, 0.05) is 12.6 Å². The number of benzene rings is 1. The number of amides is 3. The predicted molar refractivity (Wildman–Crippen MR) is 68.6 cm³/mol. The SMILES string of the molecule is O=C(CN1C(=O)c2cccc([N+](=O)[O-])c2C1=O)NCCO. The topological polar surface area (TPSA) is 130 Å². The molecule has 2 rings (SSSR count). The number of fused-ring (bicyclic) bond motifs is 1. The van der Waals surface area contributed by atoms with E-state index in [1.807, 2.05) is 0 Å². The zero-order valence-corrected chi connectivity index (χ0v) is 10.7. The summed E-state index contributed by atoms with van der Waals surface area (Å²) in [6.45, 7) is -0.842. The Labute approximate surface area is 118 Å². The van der Waals surface area contributed by atoms with E-state index in [-0.39, 0.29) is 24.3 Å². The molecule has 0 aromatic heterocycles. The van der Waals surface area contributed by atoms with E-state index in [0.29, 0.717) is 4.90 Å². The molecule has 0 saturated carbocycles. The van der Waals surface area contributed by atoms with Crippen LogP contribution in [0, 0.1) is 10.1 Å². The molecule has 0 spiro atoms. The molecule has 1 aliphatic heterocycles. The molecule has 1 aromatic carbocycles.